The average Bonchev–Trinajstić information content (AvgIpc) is 3.01. The van der Waals surface area contributed by atoms with Gasteiger partial charge >= 0.3 is 0 Å². The standard InChI is InChI=1S/C20H24ClNOS/c1-23-16-5-6-18-14(10-16)7-9-22-13-15-11-17(4-2-3-8-21)24-20(15)12-19(18)22/h5-6,10-11,19H,2-4,7-9,12-13H2,1H3. The molecule has 3 heterocycles. The number of nitrogens with zero attached hydrogens (tertiary/aromatic N) is 1. The summed E-state index contributed by atoms with van der Waals surface area (Å²) < 4.78 is 5.40. The number of rotatable bonds is 5. The summed E-state index contributed by atoms with van der Waals surface area (Å²) in [5.41, 5.74) is 4.54. The van der Waals surface area contributed by atoms with E-state index in [0.717, 1.165) is 44.0 Å². The molecule has 0 aliphatic carbocycles. The van der Waals surface area contributed by atoms with Gasteiger partial charge in [-0.15, -0.1) is 22.9 Å². The van der Waals surface area contributed by atoms with Crippen LogP contribution in [-0.2, 0) is 25.8 Å². The van der Waals surface area contributed by atoms with Crippen molar-refractivity contribution < 1.29 is 4.74 Å². The van der Waals surface area contributed by atoms with Crippen LogP contribution in [0, 0.1) is 0 Å². The Balaban J connectivity index is 1.56. The molecular formula is C20H24ClNOS. The first-order valence-electron chi connectivity index (χ1n) is 8.86. The minimum Gasteiger partial charge on any atom is -0.497 e. The first-order valence-corrected chi connectivity index (χ1v) is 10.2. The number of methoxy groups -OCH3 is 1. The number of thiophene rings is 1. The van der Waals surface area contributed by atoms with Crippen LogP contribution in [-0.4, -0.2) is 24.4 Å². The molecule has 0 amide bonds. The molecule has 1 unspecified atom stereocenters. The lowest BCUT2D eigenvalue weighted by Crippen LogP contribution is -2.38. The molecule has 0 fully saturated rings. The van der Waals surface area contributed by atoms with Crippen molar-refractivity contribution in [2.75, 3.05) is 19.5 Å². The summed E-state index contributed by atoms with van der Waals surface area (Å²) in [6.07, 6.45) is 5.80. The van der Waals surface area contributed by atoms with Crippen molar-refractivity contribution in [1.29, 1.82) is 0 Å². The van der Waals surface area contributed by atoms with Crippen molar-refractivity contribution in [3.63, 3.8) is 0 Å². The molecule has 2 aliphatic rings. The topological polar surface area (TPSA) is 12.5 Å². The molecule has 0 saturated carbocycles. The number of unbranched alkanes of at least 4 members (excludes halogenated alkanes) is 1. The normalized spacial score (nSPS) is 19.5. The van der Waals surface area contributed by atoms with Crippen LogP contribution in [0.4, 0.5) is 0 Å². The summed E-state index contributed by atoms with van der Waals surface area (Å²) in [5, 5.41) is 0. The minimum atomic E-state index is 0.543. The maximum Gasteiger partial charge on any atom is 0.119 e. The van der Waals surface area contributed by atoms with Crippen molar-refractivity contribution in [2.24, 2.45) is 0 Å². The number of halogens is 1. The van der Waals surface area contributed by atoms with Crippen LogP contribution in [0.3, 0.4) is 0 Å². The molecule has 2 nitrogen and oxygen atoms in total. The van der Waals surface area contributed by atoms with E-state index in [-0.39, 0.29) is 0 Å². The number of alkyl halides is 1. The number of aryl methyl sites for hydroxylation is 1. The Hall–Kier alpha value is -1.03. The van der Waals surface area contributed by atoms with E-state index in [2.05, 4.69) is 29.2 Å². The van der Waals surface area contributed by atoms with E-state index in [1.54, 1.807) is 22.4 Å². The van der Waals surface area contributed by atoms with Crippen molar-refractivity contribution in [1.82, 2.24) is 4.90 Å². The third kappa shape index (κ3) is 3.10. The minimum absolute atomic E-state index is 0.543. The fourth-order valence-electron chi connectivity index (χ4n) is 4.04. The van der Waals surface area contributed by atoms with Crippen molar-refractivity contribution in [2.45, 2.75) is 44.7 Å². The van der Waals surface area contributed by atoms with Gasteiger partial charge in [-0.3, -0.25) is 4.90 Å². The molecule has 0 N–H and O–H groups in total. The fraction of sp³-hybridized carbons (Fsp3) is 0.500. The smallest absolute Gasteiger partial charge is 0.119 e. The number of ether oxygens (including phenoxy) is 1. The molecule has 2 aromatic rings. The lowest BCUT2D eigenvalue weighted by Gasteiger charge is -2.40. The van der Waals surface area contributed by atoms with Gasteiger partial charge in [0.1, 0.15) is 5.75 Å². The summed E-state index contributed by atoms with van der Waals surface area (Å²) in [7, 11) is 1.75. The molecule has 1 aromatic carbocycles. The third-order valence-corrected chi connectivity index (χ3v) is 6.85. The van der Waals surface area contributed by atoms with E-state index >= 15 is 0 Å². The molecule has 0 spiro atoms. The molecule has 1 aromatic heterocycles. The predicted molar refractivity (Wildman–Crippen MR) is 102 cm³/mol. The van der Waals surface area contributed by atoms with Gasteiger partial charge in [0.25, 0.3) is 0 Å². The first-order chi connectivity index (χ1) is 11.8. The van der Waals surface area contributed by atoms with E-state index < -0.39 is 0 Å². The number of benzene rings is 1. The lowest BCUT2D eigenvalue weighted by molar-refractivity contribution is 0.162. The molecule has 0 radical (unpaired) electrons. The molecule has 0 saturated heterocycles. The van der Waals surface area contributed by atoms with Gasteiger partial charge in [-0.05, 0) is 60.6 Å². The van der Waals surface area contributed by atoms with Crippen LogP contribution >= 0.6 is 22.9 Å². The highest BCUT2D eigenvalue weighted by Gasteiger charge is 2.33. The Morgan fingerprint density at radius 2 is 2.17 bits per heavy atom. The van der Waals surface area contributed by atoms with E-state index in [1.165, 1.54) is 24.0 Å². The second-order valence-electron chi connectivity index (χ2n) is 6.81. The fourth-order valence-corrected chi connectivity index (χ4v) is 5.49. The van der Waals surface area contributed by atoms with Gasteiger partial charge in [-0.1, -0.05) is 6.07 Å². The van der Waals surface area contributed by atoms with Crippen LogP contribution in [0.15, 0.2) is 24.3 Å². The van der Waals surface area contributed by atoms with Gasteiger partial charge in [0, 0.05) is 41.2 Å². The van der Waals surface area contributed by atoms with Gasteiger partial charge in [-0.25, -0.2) is 0 Å². The number of hydrogen-bond donors (Lipinski definition) is 0. The van der Waals surface area contributed by atoms with Gasteiger partial charge < -0.3 is 4.74 Å². The van der Waals surface area contributed by atoms with Crippen LogP contribution in [0.25, 0.3) is 0 Å². The maximum absolute atomic E-state index is 5.81. The molecular weight excluding hydrogens is 338 g/mol. The summed E-state index contributed by atoms with van der Waals surface area (Å²) in [5.74, 6) is 1.76. The SMILES string of the molecule is COc1ccc2c(c1)CCN1Cc3cc(CCCCCl)sc3CC21. The Kier molecular flexibility index (Phi) is 4.84. The van der Waals surface area contributed by atoms with Gasteiger partial charge in [0.2, 0.25) is 0 Å². The molecule has 0 bridgehead atoms. The third-order valence-electron chi connectivity index (χ3n) is 5.32. The maximum atomic E-state index is 5.81. The zero-order valence-corrected chi connectivity index (χ0v) is 15.8. The van der Waals surface area contributed by atoms with Gasteiger partial charge in [0.05, 0.1) is 7.11 Å². The van der Waals surface area contributed by atoms with Gasteiger partial charge in [0.15, 0.2) is 0 Å². The highest BCUT2D eigenvalue weighted by atomic mass is 35.5. The van der Waals surface area contributed by atoms with Crippen LogP contribution < -0.4 is 4.74 Å². The molecule has 24 heavy (non-hydrogen) atoms. The highest BCUT2D eigenvalue weighted by molar-refractivity contribution is 7.12. The summed E-state index contributed by atoms with van der Waals surface area (Å²) in [6, 6.07) is 9.62. The molecule has 1 atom stereocenters. The zero-order chi connectivity index (χ0) is 16.5. The Bertz CT molecular complexity index is 726. The van der Waals surface area contributed by atoms with E-state index in [1.807, 2.05) is 11.3 Å². The molecule has 2 aliphatic heterocycles. The number of hydrogen-bond acceptors (Lipinski definition) is 3. The van der Waals surface area contributed by atoms with Crippen LogP contribution in [0.2, 0.25) is 0 Å². The van der Waals surface area contributed by atoms with E-state index in [9.17, 15) is 0 Å². The largest absolute Gasteiger partial charge is 0.497 e. The number of fused-ring (bicyclic) bond motifs is 4. The second kappa shape index (κ2) is 7.07. The van der Waals surface area contributed by atoms with Crippen molar-refractivity contribution >= 4 is 22.9 Å². The first kappa shape index (κ1) is 16.4. The monoisotopic (exact) mass is 361 g/mol. The average molecular weight is 362 g/mol. The van der Waals surface area contributed by atoms with Gasteiger partial charge in [-0.2, -0.15) is 0 Å². The Morgan fingerprint density at radius 3 is 3.00 bits per heavy atom. The van der Waals surface area contributed by atoms with Crippen molar-refractivity contribution in [3.05, 3.63) is 50.7 Å². The Morgan fingerprint density at radius 1 is 1.25 bits per heavy atom. The summed E-state index contributed by atoms with van der Waals surface area (Å²) in [6.45, 7) is 2.26. The van der Waals surface area contributed by atoms with E-state index in [0.29, 0.717) is 6.04 Å². The summed E-state index contributed by atoms with van der Waals surface area (Å²) in [4.78, 5) is 5.80. The lowest BCUT2D eigenvalue weighted by atomic mass is 9.87. The second-order valence-corrected chi connectivity index (χ2v) is 8.41. The van der Waals surface area contributed by atoms with Crippen LogP contribution in [0.1, 0.15) is 45.3 Å². The molecule has 4 heteroatoms. The predicted octanol–water partition coefficient (Wildman–Crippen LogP) is 4.97. The zero-order valence-electron chi connectivity index (χ0n) is 14.2. The van der Waals surface area contributed by atoms with Crippen molar-refractivity contribution in [3.8, 4) is 5.75 Å². The quantitative estimate of drug-likeness (QED) is 0.550. The summed E-state index contributed by atoms with van der Waals surface area (Å²) >= 11 is 7.84. The molecule has 128 valence electrons. The molecule has 4 rings (SSSR count). The van der Waals surface area contributed by atoms with E-state index in [4.69, 9.17) is 16.3 Å². The van der Waals surface area contributed by atoms with Crippen LogP contribution in [0.5, 0.6) is 5.75 Å². The highest BCUT2D eigenvalue weighted by Crippen LogP contribution is 2.41. The Labute approximate surface area is 153 Å².